The second-order valence-corrected chi connectivity index (χ2v) is 6.29. The first kappa shape index (κ1) is 17.4. The van der Waals surface area contributed by atoms with E-state index in [-0.39, 0.29) is 6.04 Å². The van der Waals surface area contributed by atoms with Crippen molar-refractivity contribution < 1.29 is 13.9 Å². The van der Waals surface area contributed by atoms with Gasteiger partial charge in [0.25, 0.3) is 0 Å². The van der Waals surface area contributed by atoms with Gasteiger partial charge in [0.15, 0.2) is 5.82 Å². The van der Waals surface area contributed by atoms with E-state index in [1.165, 1.54) is 7.11 Å². The lowest BCUT2D eigenvalue weighted by molar-refractivity contribution is 0.0558. The molecule has 3 rings (SSSR count). The Balaban J connectivity index is 1.69. The lowest BCUT2D eigenvalue weighted by Gasteiger charge is -2.26. The highest BCUT2D eigenvalue weighted by molar-refractivity contribution is 5.87. The van der Waals surface area contributed by atoms with Crippen molar-refractivity contribution in [2.24, 2.45) is 0 Å². The van der Waals surface area contributed by atoms with Gasteiger partial charge in [0, 0.05) is 37.9 Å². The quantitative estimate of drug-likeness (QED) is 0.789. The third-order valence-corrected chi connectivity index (χ3v) is 4.68. The molecule has 0 bridgehead atoms. The molecule has 0 radical (unpaired) electrons. The van der Waals surface area contributed by atoms with Crippen molar-refractivity contribution in [3.8, 4) is 0 Å². The average Bonchev–Trinajstić information content (AvgIpc) is 2.87. The minimum atomic E-state index is -0.430. The van der Waals surface area contributed by atoms with E-state index in [0.717, 1.165) is 49.7 Å². The van der Waals surface area contributed by atoms with Gasteiger partial charge in [-0.1, -0.05) is 0 Å². The zero-order valence-electron chi connectivity index (χ0n) is 14.9. The fourth-order valence-corrected chi connectivity index (χ4v) is 3.20. The van der Waals surface area contributed by atoms with E-state index in [1.54, 1.807) is 6.20 Å². The maximum absolute atomic E-state index is 11.8. The van der Waals surface area contributed by atoms with Crippen LogP contribution in [-0.2, 0) is 4.74 Å². The van der Waals surface area contributed by atoms with E-state index in [2.05, 4.69) is 26.9 Å². The van der Waals surface area contributed by atoms with Crippen LogP contribution in [-0.4, -0.2) is 54.4 Å². The summed E-state index contributed by atoms with van der Waals surface area (Å²) in [5.74, 6) is 1.57. The van der Waals surface area contributed by atoms with Crippen molar-refractivity contribution in [1.82, 2.24) is 15.1 Å². The fourth-order valence-electron chi connectivity index (χ4n) is 3.20. The summed E-state index contributed by atoms with van der Waals surface area (Å²) in [5, 5.41) is 8.17. The second-order valence-electron chi connectivity index (χ2n) is 6.29. The van der Waals surface area contributed by atoms with E-state index in [4.69, 9.17) is 9.15 Å². The number of hydrogen-bond donors (Lipinski definition) is 0. The first-order valence-corrected chi connectivity index (χ1v) is 8.55. The topological polar surface area (TPSA) is 71.7 Å². The third kappa shape index (κ3) is 3.82. The Morgan fingerprint density at radius 2 is 2.16 bits per heavy atom. The molecule has 1 fully saturated rings. The molecule has 0 aromatic carbocycles. The number of aryl methyl sites for hydroxylation is 1. The van der Waals surface area contributed by atoms with E-state index in [9.17, 15) is 4.79 Å². The average molecular weight is 344 g/mol. The molecule has 2 aromatic rings. The molecule has 0 N–H and O–H groups in total. The number of methoxy groups -OCH3 is 1. The Bertz CT molecular complexity index is 716. The van der Waals surface area contributed by atoms with Gasteiger partial charge < -0.3 is 14.1 Å². The van der Waals surface area contributed by atoms with Crippen molar-refractivity contribution >= 4 is 11.8 Å². The molecule has 3 heterocycles. The van der Waals surface area contributed by atoms with E-state index in [1.807, 2.05) is 25.1 Å². The number of aromatic nitrogens is 2. The zero-order valence-corrected chi connectivity index (χ0v) is 14.9. The zero-order chi connectivity index (χ0) is 17.8. The van der Waals surface area contributed by atoms with Crippen molar-refractivity contribution in [2.45, 2.75) is 26.3 Å². The number of rotatable bonds is 4. The number of carbonyl (C=O) groups is 1. The molecule has 25 heavy (non-hydrogen) atoms. The largest absolute Gasteiger partial charge is 0.463 e. The number of anilines is 1. The number of nitrogens with zero attached hydrogens (tertiary/aromatic N) is 4. The summed E-state index contributed by atoms with van der Waals surface area (Å²) in [4.78, 5) is 16.4. The van der Waals surface area contributed by atoms with Crippen LogP contribution in [0.1, 0.15) is 41.3 Å². The molecule has 134 valence electrons. The minimum Gasteiger partial charge on any atom is -0.463 e. The van der Waals surface area contributed by atoms with Gasteiger partial charge in [-0.3, -0.25) is 4.90 Å². The highest BCUT2D eigenvalue weighted by Crippen LogP contribution is 2.27. The molecular weight excluding hydrogens is 320 g/mol. The number of furan rings is 1. The maximum atomic E-state index is 11.8. The van der Waals surface area contributed by atoms with Gasteiger partial charge in [0.2, 0.25) is 5.76 Å². The minimum absolute atomic E-state index is 0.0962. The summed E-state index contributed by atoms with van der Waals surface area (Å²) in [6.45, 7) is 7.66. The van der Waals surface area contributed by atoms with Gasteiger partial charge >= 0.3 is 5.97 Å². The van der Waals surface area contributed by atoms with Crippen LogP contribution in [0.4, 0.5) is 5.82 Å². The second kappa shape index (κ2) is 7.65. The first-order valence-electron chi connectivity index (χ1n) is 8.55. The summed E-state index contributed by atoms with van der Waals surface area (Å²) in [6.07, 6.45) is 2.72. The normalized spacial score (nSPS) is 17.2. The smallest absolute Gasteiger partial charge is 0.374 e. The van der Waals surface area contributed by atoms with Gasteiger partial charge in [0.05, 0.1) is 13.2 Å². The van der Waals surface area contributed by atoms with Crippen LogP contribution in [0.25, 0.3) is 0 Å². The van der Waals surface area contributed by atoms with Crippen molar-refractivity contribution in [3.63, 3.8) is 0 Å². The summed E-state index contributed by atoms with van der Waals surface area (Å²) in [7, 11) is 1.36. The van der Waals surface area contributed by atoms with Crippen LogP contribution >= 0.6 is 0 Å². The molecule has 0 aliphatic carbocycles. The Morgan fingerprint density at radius 3 is 2.88 bits per heavy atom. The number of esters is 1. The van der Waals surface area contributed by atoms with Crippen LogP contribution in [0, 0.1) is 6.92 Å². The van der Waals surface area contributed by atoms with Crippen molar-refractivity contribution in [2.75, 3.05) is 38.2 Å². The van der Waals surface area contributed by atoms with E-state index in [0.29, 0.717) is 5.76 Å². The summed E-state index contributed by atoms with van der Waals surface area (Å²) in [5.41, 5.74) is 0.810. The van der Waals surface area contributed by atoms with Crippen molar-refractivity contribution in [3.05, 3.63) is 41.5 Å². The SMILES string of the molecule is COC(=O)c1oc(C(C)N2CCCN(c3cccnn3)CC2)cc1C. The molecule has 1 unspecified atom stereocenters. The van der Waals surface area contributed by atoms with E-state index >= 15 is 0 Å². The highest BCUT2D eigenvalue weighted by Gasteiger charge is 2.25. The standard InChI is InChI=1S/C18H24N4O3/c1-13-12-15(25-17(13)18(23)24-3)14(2)21-8-5-9-22(11-10-21)16-6-4-7-19-20-16/h4,6-7,12,14H,5,8-11H2,1-3H3. The summed E-state index contributed by atoms with van der Waals surface area (Å²) in [6, 6.07) is 5.93. The van der Waals surface area contributed by atoms with Crippen molar-refractivity contribution in [1.29, 1.82) is 0 Å². The molecule has 1 aliphatic heterocycles. The molecule has 1 atom stereocenters. The predicted molar refractivity (Wildman–Crippen MR) is 93.6 cm³/mol. The Kier molecular flexibility index (Phi) is 5.33. The Morgan fingerprint density at radius 1 is 1.32 bits per heavy atom. The lowest BCUT2D eigenvalue weighted by Crippen LogP contribution is -2.32. The monoisotopic (exact) mass is 344 g/mol. The molecule has 7 nitrogen and oxygen atoms in total. The molecule has 0 saturated carbocycles. The van der Waals surface area contributed by atoms with Crippen LogP contribution in [0.15, 0.2) is 28.8 Å². The fraction of sp³-hybridized carbons (Fsp3) is 0.500. The summed E-state index contributed by atoms with van der Waals surface area (Å²) < 4.78 is 10.6. The van der Waals surface area contributed by atoms with Crippen LogP contribution in [0.5, 0.6) is 0 Å². The number of hydrogen-bond acceptors (Lipinski definition) is 7. The Labute approximate surface area is 147 Å². The van der Waals surface area contributed by atoms with Gasteiger partial charge in [-0.15, -0.1) is 5.10 Å². The predicted octanol–water partition coefficient (Wildman–Crippen LogP) is 2.44. The van der Waals surface area contributed by atoms with Gasteiger partial charge in [-0.25, -0.2) is 4.79 Å². The Hall–Kier alpha value is -2.41. The molecule has 2 aromatic heterocycles. The van der Waals surface area contributed by atoms with Gasteiger partial charge in [-0.2, -0.15) is 5.10 Å². The van der Waals surface area contributed by atoms with Crippen LogP contribution in [0.3, 0.4) is 0 Å². The number of ether oxygens (including phenoxy) is 1. The molecule has 1 aliphatic rings. The molecule has 0 spiro atoms. The summed E-state index contributed by atoms with van der Waals surface area (Å²) >= 11 is 0. The highest BCUT2D eigenvalue weighted by atomic mass is 16.5. The molecule has 7 heteroatoms. The van der Waals surface area contributed by atoms with Gasteiger partial charge in [0.1, 0.15) is 5.76 Å². The third-order valence-electron chi connectivity index (χ3n) is 4.68. The van der Waals surface area contributed by atoms with Crippen LogP contribution < -0.4 is 4.90 Å². The van der Waals surface area contributed by atoms with Crippen LogP contribution in [0.2, 0.25) is 0 Å². The molecular formula is C18H24N4O3. The molecule has 1 saturated heterocycles. The first-order chi connectivity index (χ1) is 12.1. The van der Waals surface area contributed by atoms with E-state index < -0.39 is 5.97 Å². The lowest BCUT2D eigenvalue weighted by atomic mass is 10.2. The molecule has 0 amide bonds. The van der Waals surface area contributed by atoms with Gasteiger partial charge in [-0.05, 0) is 38.5 Å². The number of carbonyl (C=O) groups excluding carboxylic acids is 1. The maximum Gasteiger partial charge on any atom is 0.374 e.